The van der Waals surface area contributed by atoms with Crippen LogP contribution < -0.4 is 10.1 Å². The lowest BCUT2D eigenvalue weighted by Crippen LogP contribution is -2.35. The van der Waals surface area contributed by atoms with E-state index in [2.05, 4.69) is 24.4 Å². The number of nitrogens with one attached hydrogen (secondary N) is 1. The van der Waals surface area contributed by atoms with Crippen LogP contribution in [0.4, 0.5) is 0 Å². The number of hydrogen-bond acceptors (Lipinski definition) is 4. The van der Waals surface area contributed by atoms with Gasteiger partial charge < -0.3 is 19.9 Å². The molecule has 2 aromatic carbocycles. The van der Waals surface area contributed by atoms with E-state index >= 15 is 0 Å². The van der Waals surface area contributed by atoms with Crippen LogP contribution in [-0.4, -0.2) is 17.4 Å². The van der Waals surface area contributed by atoms with E-state index in [4.69, 9.17) is 9.47 Å². The lowest BCUT2D eigenvalue weighted by atomic mass is 10.0. The molecule has 2 unspecified atom stereocenters. The van der Waals surface area contributed by atoms with Crippen molar-refractivity contribution in [3.8, 4) is 5.75 Å². The quantitative estimate of drug-likeness (QED) is 0.879. The summed E-state index contributed by atoms with van der Waals surface area (Å²) in [7, 11) is 0. The highest BCUT2D eigenvalue weighted by Crippen LogP contribution is 2.32. The van der Waals surface area contributed by atoms with Gasteiger partial charge in [-0.15, -0.1) is 0 Å². The highest BCUT2D eigenvalue weighted by atomic mass is 16.7. The number of aliphatic hydroxyl groups excluding tert-OH is 1. The summed E-state index contributed by atoms with van der Waals surface area (Å²) in [5, 5.41) is 13.9. The molecule has 1 aliphatic heterocycles. The first-order valence-electron chi connectivity index (χ1n) is 8.37. The standard InChI is InChI=1S/C20H25NO3/c1-14(15-7-5-4-6-8-15)21-12-18(22)16-9-10-19-17(11-16)13-23-20(2,3)24-19/h4-11,14,18,21-22H,12-13H2,1-3H3. The van der Waals surface area contributed by atoms with E-state index in [9.17, 15) is 5.11 Å². The molecule has 3 rings (SSSR count). The number of aliphatic hydroxyl groups is 1. The van der Waals surface area contributed by atoms with Crippen molar-refractivity contribution < 1.29 is 14.6 Å². The molecule has 4 heteroatoms. The van der Waals surface area contributed by atoms with E-state index in [1.54, 1.807) is 0 Å². The van der Waals surface area contributed by atoms with Crippen LogP contribution in [0.1, 0.15) is 49.6 Å². The normalized spacial score (nSPS) is 18.3. The summed E-state index contributed by atoms with van der Waals surface area (Å²) < 4.78 is 11.5. The summed E-state index contributed by atoms with van der Waals surface area (Å²) in [5.74, 6) is 0.229. The molecule has 0 saturated carbocycles. The Labute approximate surface area is 143 Å². The van der Waals surface area contributed by atoms with Gasteiger partial charge in [-0.1, -0.05) is 36.4 Å². The Balaban J connectivity index is 1.62. The monoisotopic (exact) mass is 327 g/mol. The Morgan fingerprint density at radius 2 is 1.88 bits per heavy atom. The van der Waals surface area contributed by atoms with Crippen molar-refractivity contribution >= 4 is 0 Å². The molecule has 1 heterocycles. The second-order valence-electron chi connectivity index (χ2n) is 6.71. The fraction of sp³-hybridized carbons (Fsp3) is 0.400. The van der Waals surface area contributed by atoms with E-state index in [0.717, 1.165) is 16.9 Å². The van der Waals surface area contributed by atoms with E-state index in [-0.39, 0.29) is 6.04 Å². The topological polar surface area (TPSA) is 50.7 Å². The summed E-state index contributed by atoms with van der Waals surface area (Å²) in [6, 6.07) is 16.2. The molecule has 1 aliphatic rings. The maximum atomic E-state index is 10.5. The molecular formula is C20H25NO3. The van der Waals surface area contributed by atoms with E-state index in [1.165, 1.54) is 5.56 Å². The van der Waals surface area contributed by atoms with Crippen LogP contribution in [0.25, 0.3) is 0 Å². The van der Waals surface area contributed by atoms with Gasteiger partial charge in [-0.3, -0.25) is 0 Å². The first-order valence-corrected chi connectivity index (χ1v) is 8.37. The molecule has 2 aromatic rings. The molecular weight excluding hydrogens is 302 g/mol. The minimum Gasteiger partial charge on any atom is -0.463 e. The van der Waals surface area contributed by atoms with Gasteiger partial charge in [-0.25, -0.2) is 0 Å². The van der Waals surface area contributed by atoms with Crippen LogP contribution in [0, 0.1) is 0 Å². The number of benzene rings is 2. The van der Waals surface area contributed by atoms with Crippen LogP contribution in [0.5, 0.6) is 5.75 Å². The van der Waals surface area contributed by atoms with Crippen LogP contribution in [0.15, 0.2) is 48.5 Å². The SMILES string of the molecule is CC(NCC(O)c1ccc2c(c1)COC(C)(C)O2)c1ccccc1. The maximum absolute atomic E-state index is 10.5. The minimum absolute atomic E-state index is 0.186. The zero-order valence-corrected chi connectivity index (χ0v) is 14.5. The molecule has 0 saturated heterocycles. The fourth-order valence-corrected chi connectivity index (χ4v) is 2.83. The summed E-state index contributed by atoms with van der Waals surface area (Å²) in [6.45, 7) is 6.87. The largest absolute Gasteiger partial charge is 0.463 e. The van der Waals surface area contributed by atoms with Gasteiger partial charge in [0.2, 0.25) is 5.79 Å². The van der Waals surface area contributed by atoms with Crippen molar-refractivity contribution in [1.29, 1.82) is 0 Å². The predicted octanol–water partition coefficient (Wildman–Crippen LogP) is 3.72. The van der Waals surface area contributed by atoms with Gasteiger partial charge in [-0.2, -0.15) is 0 Å². The van der Waals surface area contributed by atoms with Gasteiger partial charge in [0, 0.05) is 32.0 Å². The van der Waals surface area contributed by atoms with Crippen molar-refractivity contribution in [2.75, 3.05) is 6.54 Å². The Morgan fingerprint density at radius 1 is 1.12 bits per heavy atom. The summed E-state index contributed by atoms with van der Waals surface area (Å²) in [4.78, 5) is 0. The molecule has 128 valence electrons. The molecule has 4 nitrogen and oxygen atoms in total. The molecule has 0 bridgehead atoms. The summed E-state index contributed by atoms with van der Waals surface area (Å²) in [5.41, 5.74) is 3.05. The zero-order chi connectivity index (χ0) is 17.2. The lowest BCUT2D eigenvalue weighted by Gasteiger charge is -2.33. The molecule has 2 N–H and O–H groups in total. The second-order valence-corrected chi connectivity index (χ2v) is 6.71. The highest BCUT2D eigenvalue weighted by molar-refractivity contribution is 5.39. The van der Waals surface area contributed by atoms with E-state index in [0.29, 0.717) is 13.2 Å². The van der Waals surface area contributed by atoms with Crippen LogP contribution in [0.3, 0.4) is 0 Å². The van der Waals surface area contributed by atoms with Crippen LogP contribution >= 0.6 is 0 Å². The third kappa shape index (κ3) is 3.96. The lowest BCUT2D eigenvalue weighted by molar-refractivity contribution is -0.180. The second kappa shape index (κ2) is 6.93. The van der Waals surface area contributed by atoms with Crippen molar-refractivity contribution in [2.24, 2.45) is 0 Å². The number of rotatable bonds is 5. The Kier molecular flexibility index (Phi) is 4.90. The third-order valence-electron chi connectivity index (χ3n) is 4.32. The van der Waals surface area contributed by atoms with Crippen molar-refractivity contribution in [1.82, 2.24) is 5.32 Å². The average Bonchev–Trinajstić information content (AvgIpc) is 2.59. The van der Waals surface area contributed by atoms with Gasteiger partial charge in [-0.05, 0) is 30.2 Å². The van der Waals surface area contributed by atoms with Crippen molar-refractivity contribution in [3.63, 3.8) is 0 Å². The van der Waals surface area contributed by atoms with E-state index < -0.39 is 11.9 Å². The molecule has 0 fully saturated rings. The molecule has 0 radical (unpaired) electrons. The Hall–Kier alpha value is -1.88. The molecule has 2 atom stereocenters. The predicted molar refractivity (Wildman–Crippen MR) is 93.8 cm³/mol. The minimum atomic E-state index is -0.597. The molecule has 0 aromatic heterocycles. The Morgan fingerprint density at radius 3 is 2.62 bits per heavy atom. The zero-order valence-electron chi connectivity index (χ0n) is 14.5. The average molecular weight is 327 g/mol. The van der Waals surface area contributed by atoms with Gasteiger partial charge in [0.15, 0.2) is 0 Å². The van der Waals surface area contributed by atoms with Crippen LogP contribution in [-0.2, 0) is 11.3 Å². The number of hydrogen-bond donors (Lipinski definition) is 2. The smallest absolute Gasteiger partial charge is 0.205 e. The van der Waals surface area contributed by atoms with Crippen LogP contribution in [0.2, 0.25) is 0 Å². The number of fused-ring (bicyclic) bond motifs is 1. The van der Waals surface area contributed by atoms with Crippen molar-refractivity contribution in [2.45, 2.75) is 45.3 Å². The summed E-state index contributed by atoms with van der Waals surface area (Å²) >= 11 is 0. The molecule has 0 amide bonds. The fourth-order valence-electron chi connectivity index (χ4n) is 2.83. The summed E-state index contributed by atoms with van der Waals surface area (Å²) in [6.07, 6.45) is -0.573. The highest BCUT2D eigenvalue weighted by Gasteiger charge is 2.27. The van der Waals surface area contributed by atoms with Crippen molar-refractivity contribution in [3.05, 3.63) is 65.2 Å². The maximum Gasteiger partial charge on any atom is 0.205 e. The van der Waals surface area contributed by atoms with Gasteiger partial charge >= 0.3 is 0 Å². The first-order chi connectivity index (χ1) is 11.4. The van der Waals surface area contributed by atoms with Gasteiger partial charge in [0.05, 0.1) is 12.7 Å². The molecule has 24 heavy (non-hydrogen) atoms. The van der Waals surface area contributed by atoms with Gasteiger partial charge in [0.25, 0.3) is 0 Å². The number of ether oxygens (including phenoxy) is 2. The molecule has 0 aliphatic carbocycles. The van der Waals surface area contributed by atoms with Gasteiger partial charge in [0.1, 0.15) is 5.75 Å². The molecule has 0 spiro atoms. The van der Waals surface area contributed by atoms with E-state index in [1.807, 2.05) is 50.2 Å². The Bertz CT molecular complexity index is 685. The third-order valence-corrected chi connectivity index (χ3v) is 4.32. The first kappa shape index (κ1) is 17.0.